The van der Waals surface area contributed by atoms with Gasteiger partial charge in [-0.05, 0) is 69.4 Å². The Bertz CT molecular complexity index is 1820. The van der Waals surface area contributed by atoms with Crippen molar-refractivity contribution in [1.82, 2.24) is 30.2 Å². The van der Waals surface area contributed by atoms with E-state index in [2.05, 4.69) is 25.3 Å². The summed E-state index contributed by atoms with van der Waals surface area (Å²) in [6.07, 6.45) is 5.67. The Morgan fingerprint density at radius 1 is 1.16 bits per heavy atom. The smallest absolute Gasteiger partial charge is 0.405 e. The molecular formula is C33H41FN6O8S. The third-order valence-corrected chi connectivity index (χ3v) is 12.5. The van der Waals surface area contributed by atoms with Crippen molar-refractivity contribution in [3.63, 3.8) is 0 Å². The van der Waals surface area contributed by atoms with Crippen LogP contribution in [0.1, 0.15) is 65.7 Å². The maximum atomic E-state index is 14.2. The predicted molar refractivity (Wildman–Crippen MR) is 174 cm³/mol. The number of nitrogens with one attached hydrogen (secondary N) is 3. The highest BCUT2D eigenvalue weighted by Gasteiger charge is 2.63. The molecule has 14 nitrogen and oxygen atoms in total. The van der Waals surface area contributed by atoms with Crippen LogP contribution in [0.25, 0.3) is 11.0 Å². The van der Waals surface area contributed by atoms with Gasteiger partial charge in [0.25, 0.3) is 5.91 Å². The fourth-order valence-electron chi connectivity index (χ4n) is 6.93. The number of hydrogen-bond donors (Lipinski definition) is 4. The van der Waals surface area contributed by atoms with Crippen molar-refractivity contribution in [3.05, 3.63) is 42.4 Å². The highest BCUT2D eigenvalue weighted by molar-refractivity contribution is 7.91. The van der Waals surface area contributed by atoms with Gasteiger partial charge >= 0.3 is 6.09 Å². The van der Waals surface area contributed by atoms with Crippen molar-refractivity contribution in [2.45, 2.75) is 94.2 Å². The summed E-state index contributed by atoms with van der Waals surface area (Å²) in [6.45, 7) is 5.21. The van der Waals surface area contributed by atoms with Gasteiger partial charge < -0.3 is 25.4 Å². The summed E-state index contributed by atoms with van der Waals surface area (Å²) < 4.78 is 47.1. The number of benzene rings is 1. The normalized spacial score (nSPS) is 31.4. The maximum Gasteiger partial charge on any atom is 0.405 e. The second-order valence-electron chi connectivity index (χ2n) is 14.2. The maximum absolute atomic E-state index is 14.2. The molecule has 0 bridgehead atoms. The fraction of sp³-hybridized carbons (Fsp3) is 0.576. The number of allylic oxidation sites excluding steroid dienone is 1. The van der Waals surface area contributed by atoms with E-state index in [0.717, 1.165) is 6.42 Å². The van der Waals surface area contributed by atoms with E-state index in [1.165, 1.54) is 29.3 Å². The van der Waals surface area contributed by atoms with Crippen LogP contribution in [0.5, 0.6) is 5.88 Å². The number of sulfonamides is 1. The Morgan fingerprint density at radius 2 is 1.92 bits per heavy atom. The summed E-state index contributed by atoms with van der Waals surface area (Å²) in [5.74, 6) is -3.49. The lowest BCUT2D eigenvalue weighted by Gasteiger charge is -2.32. The summed E-state index contributed by atoms with van der Waals surface area (Å²) in [6, 6.07) is 1.53. The molecule has 0 radical (unpaired) electrons. The van der Waals surface area contributed by atoms with Gasteiger partial charge in [0.05, 0.1) is 28.5 Å². The van der Waals surface area contributed by atoms with Crippen LogP contribution >= 0.6 is 0 Å². The molecule has 1 saturated heterocycles. The first-order valence-electron chi connectivity index (χ1n) is 16.6. The highest BCUT2D eigenvalue weighted by atomic mass is 32.2. The summed E-state index contributed by atoms with van der Waals surface area (Å²) in [5, 5.41) is 14.8. The minimum atomic E-state index is -4.01. The Labute approximate surface area is 283 Å². The topological polar surface area (TPSA) is 197 Å². The predicted octanol–water partition coefficient (Wildman–Crippen LogP) is 2.64. The molecule has 0 spiro atoms. The van der Waals surface area contributed by atoms with Crippen molar-refractivity contribution < 1.29 is 41.8 Å². The Hall–Kier alpha value is -4.34. The molecular weight excluding hydrogens is 659 g/mol. The van der Waals surface area contributed by atoms with Gasteiger partial charge in [-0.1, -0.05) is 26.0 Å². The van der Waals surface area contributed by atoms with Crippen LogP contribution in [-0.4, -0.2) is 87.2 Å². The summed E-state index contributed by atoms with van der Waals surface area (Å²) in [5.41, 5.74) is -0.892. The first-order valence-corrected chi connectivity index (χ1v) is 18.0. The van der Waals surface area contributed by atoms with Crippen molar-refractivity contribution in [2.75, 3.05) is 6.54 Å². The lowest BCUT2D eigenvalue weighted by molar-refractivity contribution is -0.142. The van der Waals surface area contributed by atoms with Crippen LogP contribution in [0.4, 0.5) is 9.18 Å². The van der Waals surface area contributed by atoms with Gasteiger partial charge in [0.2, 0.25) is 27.7 Å². The van der Waals surface area contributed by atoms with Gasteiger partial charge in [0.15, 0.2) is 0 Å². The largest absolute Gasteiger partial charge is 0.471 e. The molecule has 4 N–H and O–H groups in total. The van der Waals surface area contributed by atoms with E-state index in [9.17, 15) is 37.1 Å². The van der Waals surface area contributed by atoms with Gasteiger partial charge in [-0.15, -0.1) is 0 Å². The number of ether oxygens (including phenoxy) is 1. The zero-order chi connectivity index (χ0) is 35.3. The van der Waals surface area contributed by atoms with E-state index < -0.39 is 80.0 Å². The van der Waals surface area contributed by atoms with Crippen LogP contribution in [0.15, 0.2) is 36.5 Å². The van der Waals surface area contributed by atoms with Crippen LogP contribution in [-0.2, 0) is 24.4 Å². The summed E-state index contributed by atoms with van der Waals surface area (Å²) >= 11 is 0. The van der Waals surface area contributed by atoms with Crippen LogP contribution < -0.4 is 20.1 Å². The van der Waals surface area contributed by atoms with Crippen LogP contribution in [0, 0.1) is 23.6 Å². The van der Waals surface area contributed by atoms with Gasteiger partial charge in [-0.25, -0.2) is 27.6 Å². The fourth-order valence-corrected chi connectivity index (χ4v) is 8.24. The Morgan fingerprint density at radius 3 is 2.63 bits per heavy atom. The lowest BCUT2D eigenvalue weighted by Crippen LogP contribution is -2.59. The van der Waals surface area contributed by atoms with E-state index in [1.54, 1.807) is 13.8 Å². The number of fused-ring (bicyclic) bond motifs is 3. The molecule has 0 unspecified atom stereocenters. The average Bonchev–Trinajstić information content (AvgIpc) is 3.91. The van der Waals surface area contributed by atoms with Crippen LogP contribution in [0.2, 0.25) is 0 Å². The molecule has 49 heavy (non-hydrogen) atoms. The number of hydrogen-bond acceptors (Lipinski definition) is 9. The van der Waals surface area contributed by atoms with Crippen molar-refractivity contribution >= 4 is 44.9 Å². The summed E-state index contributed by atoms with van der Waals surface area (Å²) in [7, 11) is -4.01. The number of carbonyl (C=O) groups excluding carboxylic acids is 3. The van der Waals surface area contributed by atoms with E-state index in [-0.39, 0.29) is 36.7 Å². The molecule has 2 aliphatic carbocycles. The third-order valence-electron chi connectivity index (χ3n) is 10.3. The number of amides is 4. The van der Waals surface area contributed by atoms with Crippen molar-refractivity contribution in [2.24, 2.45) is 17.8 Å². The van der Waals surface area contributed by atoms with E-state index in [0.29, 0.717) is 31.2 Å². The average molecular weight is 701 g/mol. The molecule has 7 atom stereocenters. The summed E-state index contributed by atoms with van der Waals surface area (Å²) in [4.78, 5) is 63.8. The molecule has 4 amide bonds. The molecule has 3 heterocycles. The quantitative estimate of drug-likeness (QED) is 0.325. The number of halogens is 1. The first-order chi connectivity index (χ1) is 23.1. The second kappa shape index (κ2) is 12.8. The molecule has 3 fully saturated rings. The highest BCUT2D eigenvalue weighted by Crippen LogP contribution is 2.47. The lowest BCUT2D eigenvalue weighted by atomic mass is 9.88. The molecule has 264 valence electrons. The molecule has 2 aromatic rings. The number of carboxylic acid groups (broad SMARTS) is 1. The number of aromatic nitrogens is 2. The SMILES string of the molecule is C[C@@H]1CCC=C[C@@H]2C[C@@]2(C(=O)NS(=O)(=O)C2(C)CC2)NC(=O)[C@@H]2C[C@@H](Oc3cnc4ccc(F)cc4n3)CN2C(=O)[C@@H](NC(=O)O)[C@H](C)C1. The van der Waals surface area contributed by atoms with E-state index in [1.807, 2.05) is 19.1 Å². The van der Waals surface area contributed by atoms with Crippen LogP contribution in [0.3, 0.4) is 0 Å². The van der Waals surface area contributed by atoms with Gasteiger partial charge in [-0.2, -0.15) is 0 Å². The monoisotopic (exact) mass is 700 g/mol. The molecule has 2 aliphatic heterocycles. The molecule has 1 aromatic heterocycles. The number of rotatable bonds is 6. The van der Waals surface area contributed by atoms with E-state index >= 15 is 0 Å². The standard InChI is InChI=1S/C33H41FN6O8S/c1-18-6-4-5-7-20-15-33(20,30(43)39-49(46,47)32(3)10-11-32)38-28(41)25-14-22(17-40(25)29(42)27(19(2)12-18)37-31(44)45)48-26-16-35-23-9-8-21(34)13-24(23)36-26/h5,7-9,13,16,18-20,22,25,27,37H,4,6,10-12,14-15,17H2,1-3H3,(H,38,41)(H,39,43)(H,44,45)/t18-,19-,20-,22-,25+,27+,33-/m1/s1. The zero-order valence-electron chi connectivity index (χ0n) is 27.5. The number of carbonyl (C=O) groups is 4. The molecule has 1 aromatic carbocycles. The second-order valence-corrected chi connectivity index (χ2v) is 16.4. The number of nitrogens with zero attached hydrogens (tertiary/aromatic N) is 3. The molecule has 6 rings (SSSR count). The Balaban J connectivity index is 1.32. The molecule has 16 heteroatoms. The van der Waals surface area contributed by atoms with Crippen molar-refractivity contribution in [3.8, 4) is 5.88 Å². The minimum absolute atomic E-state index is 0.0307. The first kappa shape index (κ1) is 34.5. The Kier molecular flexibility index (Phi) is 9.05. The third kappa shape index (κ3) is 7.05. The minimum Gasteiger partial charge on any atom is -0.471 e. The van der Waals surface area contributed by atoms with Gasteiger partial charge in [0, 0.05) is 18.4 Å². The van der Waals surface area contributed by atoms with Gasteiger partial charge in [-0.3, -0.25) is 19.1 Å². The van der Waals surface area contributed by atoms with E-state index in [4.69, 9.17) is 4.74 Å². The van der Waals surface area contributed by atoms with Crippen molar-refractivity contribution in [1.29, 1.82) is 0 Å². The zero-order valence-corrected chi connectivity index (χ0v) is 28.3. The molecule has 2 saturated carbocycles. The molecule has 4 aliphatic rings. The van der Waals surface area contributed by atoms with Gasteiger partial charge in [0.1, 0.15) is 29.5 Å².